The molecular formula is C16H12ClN3O3. The number of para-hydroxylation sites is 2. The first-order valence-corrected chi connectivity index (χ1v) is 7.10. The number of rotatable bonds is 3. The van der Waals surface area contributed by atoms with Crippen LogP contribution >= 0.6 is 11.6 Å². The molecule has 116 valence electrons. The highest BCUT2D eigenvalue weighted by atomic mass is 35.5. The summed E-state index contributed by atoms with van der Waals surface area (Å²) in [4.78, 5) is 20.4. The smallest absolute Gasteiger partial charge is 0.342 e. The SMILES string of the molecule is Nc1nc(COC(=O)c2cccc(Cl)c2O)nc2ccccc12. The van der Waals surface area contributed by atoms with Crippen LogP contribution in [-0.2, 0) is 11.3 Å². The minimum Gasteiger partial charge on any atom is -0.505 e. The fraction of sp³-hybridized carbons (Fsp3) is 0.0625. The van der Waals surface area contributed by atoms with Gasteiger partial charge in [0.05, 0.1) is 10.5 Å². The molecule has 3 rings (SSSR count). The van der Waals surface area contributed by atoms with Crippen molar-refractivity contribution in [2.75, 3.05) is 5.73 Å². The van der Waals surface area contributed by atoms with Gasteiger partial charge in [-0.1, -0.05) is 29.8 Å². The Hall–Kier alpha value is -2.86. The molecule has 0 aliphatic heterocycles. The Morgan fingerprint density at radius 1 is 1.17 bits per heavy atom. The van der Waals surface area contributed by atoms with Gasteiger partial charge in [-0.25, -0.2) is 14.8 Å². The van der Waals surface area contributed by atoms with E-state index in [9.17, 15) is 9.90 Å². The number of nitrogen functional groups attached to an aromatic ring is 1. The van der Waals surface area contributed by atoms with E-state index >= 15 is 0 Å². The molecule has 0 saturated heterocycles. The fourth-order valence-corrected chi connectivity index (χ4v) is 2.28. The summed E-state index contributed by atoms with van der Waals surface area (Å²) in [5.41, 5.74) is 6.51. The van der Waals surface area contributed by atoms with Crippen molar-refractivity contribution in [3.8, 4) is 5.75 Å². The molecule has 0 amide bonds. The van der Waals surface area contributed by atoms with Crippen molar-refractivity contribution in [2.24, 2.45) is 0 Å². The van der Waals surface area contributed by atoms with Gasteiger partial charge in [0.15, 0.2) is 12.4 Å². The van der Waals surface area contributed by atoms with Crippen molar-refractivity contribution in [1.29, 1.82) is 0 Å². The number of carbonyl (C=O) groups excluding carboxylic acids is 1. The number of aromatic hydroxyl groups is 1. The average molecular weight is 330 g/mol. The number of benzene rings is 2. The number of hydrogen-bond acceptors (Lipinski definition) is 6. The van der Waals surface area contributed by atoms with Crippen LogP contribution in [0.2, 0.25) is 5.02 Å². The monoisotopic (exact) mass is 329 g/mol. The molecule has 0 fully saturated rings. The maximum Gasteiger partial charge on any atom is 0.342 e. The van der Waals surface area contributed by atoms with Gasteiger partial charge < -0.3 is 15.6 Å². The zero-order chi connectivity index (χ0) is 16.4. The standard InChI is InChI=1S/C16H12ClN3O3/c17-11-6-3-5-10(14(11)21)16(22)23-8-13-19-12-7-2-1-4-9(12)15(18)20-13/h1-7,21H,8H2,(H2,18,19,20). The van der Waals surface area contributed by atoms with E-state index in [0.717, 1.165) is 5.39 Å². The number of nitrogens with two attached hydrogens (primary N) is 1. The number of ether oxygens (including phenoxy) is 1. The van der Waals surface area contributed by atoms with Crippen LogP contribution in [0.4, 0.5) is 5.82 Å². The fourth-order valence-electron chi connectivity index (χ4n) is 2.10. The summed E-state index contributed by atoms with van der Waals surface area (Å²) in [7, 11) is 0. The number of carbonyl (C=O) groups is 1. The third kappa shape index (κ3) is 3.02. The maximum atomic E-state index is 12.0. The van der Waals surface area contributed by atoms with Gasteiger partial charge in [-0.3, -0.25) is 0 Å². The molecule has 0 atom stereocenters. The highest BCUT2D eigenvalue weighted by Gasteiger charge is 2.15. The summed E-state index contributed by atoms with van der Waals surface area (Å²) in [6.07, 6.45) is 0. The lowest BCUT2D eigenvalue weighted by Crippen LogP contribution is -2.09. The van der Waals surface area contributed by atoms with Gasteiger partial charge in [0, 0.05) is 5.39 Å². The minimum absolute atomic E-state index is 0.0220. The van der Waals surface area contributed by atoms with Gasteiger partial charge in [-0.05, 0) is 24.3 Å². The summed E-state index contributed by atoms with van der Waals surface area (Å²) in [5, 5.41) is 10.6. The van der Waals surface area contributed by atoms with Crippen LogP contribution in [0.25, 0.3) is 10.9 Å². The molecule has 0 saturated carbocycles. The number of anilines is 1. The maximum absolute atomic E-state index is 12.0. The van der Waals surface area contributed by atoms with E-state index in [0.29, 0.717) is 11.3 Å². The molecule has 1 heterocycles. The molecule has 7 heteroatoms. The van der Waals surface area contributed by atoms with Gasteiger partial charge in [0.1, 0.15) is 17.1 Å². The Morgan fingerprint density at radius 2 is 1.96 bits per heavy atom. The first kappa shape index (κ1) is 15.1. The van der Waals surface area contributed by atoms with E-state index < -0.39 is 5.97 Å². The van der Waals surface area contributed by atoms with Crippen LogP contribution in [0.1, 0.15) is 16.2 Å². The predicted molar refractivity (Wildman–Crippen MR) is 86.2 cm³/mol. The van der Waals surface area contributed by atoms with Crippen LogP contribution in [0.15, 0.2) is 42.5 Å². The van der Waals surface area contributed by atoms with Gasteiger partial charge in [0.2, 0.25) is 0 Å². The molecule has 0 aliphatic rings. The van der Waals surface area contributed by atoms with Crippen molar-refractivity contribution in [3.63, 3.8) is 0 Å². The zero-order valence-corrected chi connectivity index (χ0v) is 12.6. The number of aromatic nitrogens is 2. The second kappa shape index (κ2) is 6.10. The highest BCUT2D eigenvalue weighted by molar-refractivity contribution is 6.32. The first-order valence-electron chi connectivity index (χ1n) is 6.72. The molecule has 0 aliphatic carbocycles. The summed E-state index contributed by atoms with van der Waals surface area (Å²) >= 11 is 5.76. The number of fused-ring (bicyclic) bond motifs is 1. The van der Waals surface area contributed by atoms with Crippen molar-refractivity contribution in [3.05, 3.63) is 58.9 Å². The average Bonchev–Trinajstić information content (AvgIpc) is 2.55. The number of phenols is 1. The normalized spacial score (nSPS) is 10.7. The van der Waals surface area contributed by atoms with Gasteiger partial charge in [-0.2, -0.15) is 0 Å². The Balaban J connectivity index is 1.80. The third-order valence-corrected chi connectivity index (χ3v) is 3.52. The molecule has 3 aromatic rings. The first-order chi connectivity index (χ1) is 11.1. The number of esters is 1. The molecule has 1 aromatic heterocycles. The van der Waals surface area contributed by atoms with Crippen molar-refractivity contribution in [2.45, 2.75) is 6.61 Å². The van der Waals surface area contributed by atoms with E-state index in [1.807, 2.05) is 18.2 Å². The lowest BCUT2D eigenvalue weighted by molar-refractivity contribution is 0.0459. The number of nitrogens with zero attached hydrogens (tertiary/aromatic N) is 2. The predicted octanol–water partition coefficient (Wildman–Crippen LogP) is 2.93. The summed E-state index contributed by atoms with van der Waals surface area (Å²) in [6, 6.07) is 11.7. The zero-order valence-electron chi connectivity index (χ0n) is 11.9. The van der Waals surface area contributed by atoms with Crippen molar-refractivity contribution < 1.29 is 14.6 Å². The molecule has 0 unspecified atom stereocenters. The van der Waals surface area contributed by atoms with E-state index in [4.69, 9.17) is 22.1 Å². The lowest BCUT2D eigenvalue weighted by Gasteiger charge is -2.08. The Kier molecular flexibility index (Phi) is 3.99. The van der Waals surface area contributed by atoms with Gasteiger partial charge in [-0.15, -0.1) is 0 Å². The Labute approximate surface area is 136 Å². The van der Waals surface area contributed by atoms with Crippen molar-refractivity contribution >= 4 is 34.3 Å². The van der Waals surface area contributed by atoms with Gasteiger partial charge in [0.25, 0.3) is 0 Å². The highest BCUT2D eigenvalue weighted by Crippen LogP contribution is 2.27. The van der Waals surface area contributed by atoms with Crippen LogP contribution in [-0.4, -0.2) is 21.0 Å². The number of phenolic OH excluding ortho intramolecular Hbond substituents is 1. The third-order valence-electron chi connectivity index (χ3n) is 3.22. The summed E-state index contributed by atoms with van der Waals surface area (Å²) in [6.45, 7) is -0.167. The van der Waals surface area contributed by atoms with E-state index in [-0.39, 0.29) is 28.8 Å². The molecule has 0 bridgehead atoms. The van der Waals surface area contributed by atoms with Crippen molar-refractivity contribution in [1.82, 2.24) is 9.97 Å². The van der Waals surface area contributed by atoms with E-state index in [1.165, 1.54) is 12.1 Å². The van der Waals surface area contributed by atoms with E-state index in [1.54, 1.807) is 12.1 Å². The second-order valence-electron chi connectivity index (χ2n) is 4.75. The molecule has 0 spiro atoms. The lowest BCUT2D eigenvalue weighted by atomic mass is 10.2. The second-order valence-corrected chi connectivity index (χ2v) is 5.16. The van der Waals surface area contributed by atoms with E-state index in [2.05, 4.69) is 9.97 Å². The Bertz CT molecular complexity index is 899. The summed E-state index contributed by atoms with van der Waals surface area (Å²) < 4.78 is 5.12. The summed E-state index contributed by atoms with van der Waals surface area (Å²) in [5.74, 6) is -0.457. The molecular weight excluding hydrogens is 318 g/mol. The molecule has 6 nitrogen and oxygen atoms in total. The van der Waals surface area contributed by atoms with Crippen LogP contribution in [0, 0.1) is 0 Å². The Morgan fingerprint density at radius 3 is 2.78 bits per heavy atom. The van der Waals surface area contributed by atoms with Crippen LogP contribution < -0.4 is 5.73 Å². The quantitative estimate of drug-likeness (QED) is 0.717. The number of hydrogen-bond donors (Lipinski definition) is 2. The number of halogens is 1. The molecule has 3 N–H and O–H groups in total. The molecule has 2 aromatic carbocycles. The van der Waals surface area contributed by atoms with Crippen LogP contribution in [0.3, 0.4) is 0 Å². The minimum atomic E-state index is -0.722. The molecule has 0 radical (unpaired) electrons. The van der Waals surface area contributed by atoms with Crippen LogP contribution in [0.5, 0.6) is 5.75 Å². The molecule has 23 heavy (non-hydrogen) atoms. The largest absolute Gasteiger partial charge is 0.505 e. The van der Waals surface area contributed by atoms with Gasteiger partial charge >= 0.3 is 5.97 Å². The topological polar surface area (TPSA) is 98.3 Å².